The third-order valence-electron chi connectivity index (χ3n) is 7.48. The van der Waals surface area contributed by atoms with Crippen molar-refractivity contribution in [2.24, 2.45) is 11.1 Å². The number of rotatable bonds is 15. The van der Waals surface area contributed by atoms with E-state index >= 15 is 0 Å². The molecule has 1 amide bonds. The van der Waals surface area contributed by atoms with Gasteiger partial charge >= 0.3 is 27.2 Å². The van der Waals surface area contributed by atoms with E-state index in [0.29, 0.717) is 0 Å². The number of aliphatic hydroxyl groups excluding tert-OH is 3. The fourth-order valence-corrected chi connectivity index (χ4v) is 7.19. The summed E-state index contributed by atoms with van der Waals surface area (Å²) in [5.41, 5.74) is 10.8. The van der Waals surface area contributed by atoms with Crippen LogP contribution in [0.4, 0.5) is 5.82 Å². The fraction of sp³-hybridized carbons (Fsp3) is 0.524. The van der Waals surface area contributed by atoms with Gasteiger partial charge in [0.15, 0.2) is 35.4 Å². The highest BCUT2D eigenvalue weighted by atomic mass is 31.3. The van der Waals surface area contributed by atoms with Crippen molar-refractivity contribution in [3.63, 3.8) is 0 Å². The number of fused-ring (bicyclic) bond motifs is 1. The van der Waals surface area contributed by atoms with Crippen LogP contribution in [-0.4, -0.2) is 121 Å². The first-order chi connectivity index (χ1) is 23.8. The molecule has 0 bridgehead atoms. The second-order valence-electron chi connectivity index (χ2n) is 10.7. The van der Waals surface area contributed by atoms with E-state index in [4.69, 9.17) is 20.9 Å². The van der Waals surface area contributed by atoms with Crippen LogP contribution in [-0.2, 0) is 46.4 Å². The Morgan fingerprint density at radius 1 is 1.16 bits per heavy atom. The quantitative estimate of drug-likeness (QED) is 0.0292. The Labute approximate surface area is 281 Å². The number of allylic oxidation sites excluding steroid dienone is 1. The van der Waals surface area contributed by atoms with E-state index in [9.17, 15) is 59.2 Å². The molecule has 2 unspecified atom stereocenters. The lowest BCUT2D eigenvalue weighted by atomic mass is 10.0. The summed E-state index contributed by atoms with van der Waals surface area (Å²) in [6.07, 6.45) is -5.03. The number of phosphoric ester groups is 2. The molecule has 3 aliphatic rings. The van der Waals surface area contributed by atoms with Crippen LogP contribution in [0.1, 0.15) is 12.6 Å². The summed E-state index contributed by atoms with van der Waals surface area (Å²) in [6.45, 7) is -2.93. The highest BCUT2D eigenvalue weighted by Gasteiger charge is 2.73. The molecule has 0 spiro atoms. The zero-order chi connectivity index (χ0) is 37.5. The van der Waals surface area contributed by atoms with E-state index < -0.39 is 88.3 Å². The first-order valence-corrected chi connectivity index (χ1v) is 16.8. The molecule has 0 aromatic carbocycles. The highest BCUT2D eigenvalue weighted by Crippen LogP contribution is 2.61. The summed E-state index contributed by atoms with van der Waals surface area (Å²) < 4.78 is 50.3. The van der Waals surface area contributed by atoms with Gasteiger partial charge in [0.05, 0.1) is 12.9 Å². The SMILES string of the molecule is NC(=O)C1=CN([C@@H]2O[C@H](COP(=O)(O)OP(=O)(O)OC[C@]3(ON=O)O[C@@H](n4cnc5c(N)ncnc54)[C@@H](O)[C@]3(O)O[N+](=O)[O-])[C@@H](O)[C@H]2O)C=CC1. The Hall–Kier alpha value is -4.28. The van der Waals surface area contributed by atoms with Crippen molar-refractivity contribution >= 4 is 38.5 Å². The summed E-state index contributed by atoms with van der Waals surface area (Å²) in [5.74, 6) is -8.31. The minimum Gasteiger partial charge on any atom is -0.387 e. The van der Waals surface area contributed by atoms with Crippen LogP contribution < -0.4 is 11.5 Å². The number of carbonyl (C=O) groups is 1. The van der Waals surface area contributed by atoms with Gasteiger partial charge in [-0.05, 0) is 6.42 Å². The molecule has 3 aliphatic heterocycles. The third-order valence-corrected chi connectivity index (χ3v) is 10.1. The first-order valence-electron chi connectivity index (χ1n) is 13.8. The number of hydrogen-bond donors (Lipinski definition) is 8. The maximum absolute atomic E-state index is 12.8. The zero-order valence-corrected chi connectivity index (χ0v) is 26.9. The van der Waals surface area contributed by atoms with E-state index in [1.807, 2.05) is 5.34 Å². The number of nitrogen functional groups attached to an aromatic ring is 1. The van der Waals surface area contributed by atoms with Crippen LogP contribution in [0.15, 0.2) is 42.0 Å². The van der Waals surface area contributed by atoms with E-state index in [-0.39, 0.29) is 29.0 Å². The number of nitrogens with two attached hydrogens (primary N) is 2. The molecule has 10 atom stereocenters. The molecule has 28 nitrogen and oxygen atoms in total. The Balaban J connectivity index is 1.29. The molecule has 5 heterocycles. The van der Waals surface area contributed by atoms with Gasteiger partial charge < -0.3 is 60.9 Å². The number of nitrogens with zero attached hydrogens (tertiary/aromatic N) is 7. The van der Waals surface area contributed by atoms with Gasteiger partial charge in [-0.25, -0.2) is 24.1 Å². The standard InChI is InChI=1S/C21H27N9O19P2/c22-15-11-17(25-7-24-15)29(8-26-11)19-14(33)21(35,48-30(37)38)20(46-19,47-27-36)6-44-51(41,42)49-50(39,40)43-5-10-12(31)13(32)18(45-10)28-3-1-2-9(4-28)16(23)34/h1,3-4,7-8,10,12-14,18-19,31-33,35H,2,5-6H2,(H2,23,34)(H,39,40)(H,41,42)(H2,22,24,25)/t10-,12-,13-,14-,18-,19-,20-,21+/m1/s1. The summed E-state index contributed by atoms with van der Waals surface area (Å²) in [4.78, 5) is 75.7. The summed E-state index contributed by atoms with van der Waals surface area (Å²) >= 11 is 0. The number of phosphoric acid groups is 2. The first kappa shape index (κ1) is 38.0. The molecular weight excluding hydrogens is 744 g/mol. The number of anilines is 1. The van der Waals surface area contributed by atoms with Gasteiger partial charge in [-0.3, -0.25) is 23.2 Å². The Morgan fingerprint density at radius 3 is 2.53 bits per heavy atom. The van der Waals surface area contributed by atoms with Gasteiger partial charge in [-0.2, -0.15) is 4.31 Å². The van der Waals surface area contributed by atoms with Crippen LogP contribution >= 0.6 is 15.6 Å². The van der Waals surface area contributed by atoms with Crippen molar-refractivity contribution in [3.8, 4) is 0 Å². The number of amides is 1. The molecule has 30 heteroatoms. The Morgan fingerprint density at radius 2 is 1.86 bits per heavy atom. The minimum absolute atomic E-state index is 0.0971. The molecule has 2 aromatic rings. The fourth-order valence-electron chi connectivity index (χ4n) is 5.10. The van der Waals surface area contributed by atoms with E-state index in [1.54, 1.807) is 0 Å². The van der Waals surface area contributed by atoms with Crippen molar-refractivity contribution in [1.29, 1.82) is 0 Å². The maximum atomic E-state index is 12.8. The molecule has 0 saturated carbocycles. The molecule has 5 rings (SSSR count). The predicted molar refractivity (Wildman–Crippen MR) is 155 cm³/mol. The normalized spacial score (nSPS) is 33.0. The smallest absolute Gasteiger partial charge is 0.387 e. The van der Waals surface area contributed by atoms with Crippen LogP contribution in [0.2, 0.25) is 0 Å². The molecule has 0 radical (unpaired) electrons. The van der Waals surface area contributed by atoms with Crippen molar-refractivity contribution in [1.82, 2.24) is 24.4 Å². The van der Waals surface area contributed by atoms with Gasteiger partial charge in [-0.1, -0.05) is 6.08 Å². The Bertz CT molecular complexity index is 1850. The molecule has 0 aliphatic carbocycles. The number of primary amides is 1. The largest absolute Gasteiger partial charge is 0.481 e. The van der Waals surface area contributed by atoms with E-state index in [2.05, 4.69) is 38.0 Å². The lowest BCUT2D eigenvalue weighted by molar-refractivity contribution is -0.806. The van der Waals surface area contributed by atoms with Crippen LogP contribution in [0, 0.1) is 15.0 Å². The van der Waals surface area contributed by atoms with Gasteiger partial charge in [0, 0.05) is 18.0 Å². The highest BCUT2D eigenvalue weighted by molar-refractivity contribution is 7.61. The van der Waals surface area contributed by atoms with Crippen molar-refractivity contribution in [3.05, 3.63) is 51.7 Å². The number of aromatic nitrogens is 4. The van der Waals surface area contributed by atoms with Crippen LogP contribution in [0.5, 0.6) is 0 Å². The lowest BCUT2D eigenvalue weighted by Crippen LogP contribution is -2.62. The molecule has 51 heavy (non-hydrogen) atoms. The Kier molecular flexibility index (Phi) is 10.4. The summed E-state index contributed by atoms with van der Waals surface area (Å²) in [5, 5.41) is 54.6. The summed E-state index contributed by atoms with van der Waals surface area (Å²) in [7, 11) is -11.7. The van der Waals surface area contributed by atoms with Gasteiger partial charge in [0.25, 0.3) is 5.09 Å². The number of imidazole rings is 1. The number of carbonyl (C=O) groups excluding carboxylic acids is 1. The van der Waals surface area contributed by atoms with E-state index in [0.717, 1.165) is 17.2 Å². The molecule has 2 aromatic heterocycles. The number of hydrogen-bond acceptors (Lipinski definition) is 23. The van der Waals surface area contributed by atoms with Gasteiger partial charge in [0.1, 0.15) is 36.8 Å². The average Bonchev–Trinajstić information content (AvgIpc) is 3.67. The average molecular weight is 771 g/mol. The lowest BCUT2D eigenvalue weighted by Gasteiger charge is -2.35. The predicted octanol–water partition coefficient (Wildman–Crippen LogP) is -3.12. The maximum Gasteiger partial charge on any atom is 0.481 e. The van der Waals surface area contributed by atoms with Crippen molar-refractivity contribution in [2.75, 3.05) is 18.9 Å². The molecule has 2 saturated heterocycles. The number of ether oxygens (including phenoxy) is 2. The van der Waals surface area contributed by atoms with Crippen molar-refractivity contribution in [2.45, 2.75) is 54.9 Å². The minimum atomic E-state index is -5.95. The second kappa shape index (κ2) is 14.0. The van der Waals surface area contributed by atoms with Gasteiger partial charge in [-0.15, -0.1) is 15.0 Å². The van der Waals surface area contributed by atoms with E-state index in [1.165, 1.54) is 23.4 Å². The number of aliphatic hydroxyl groups is 4. The molecule has 10 N–H and O–H groups in total. The molecular formula is C21H27N9O19P2. The zero-order valence-electron chi connectivity index (χ0n) is 25.1. The monoisotopic (exact) mass is 771 g/mol. The molecule has 280 valence electrons. The topological polar surface area (TPSA) is 409 Å². The third kappa shape index (κ3) is 7.39. The molecule has 2 fully saturated rings. The van der Waals surface area contributed by atoms with Crippen molar-refractivity contribution < 1.29 is 81.7 Å². The second-order valence-corrected chi connectivity index (χ2v) is 13.7. The van der Waals surface area contributed by atoms with Crippen LogP contribution in [0.25, 0.3) is 11.2 Å². The summed E-state index contributed by atoms with van der Waals surface area (Å²) in [6, 6.07) is 0. The van der Waals surface area contributed by atoms with Gasteiger partial charge in [0.2, 0.25) is 5.91 Å². The van der Waals surface area contributed by atoms with Crippen LogP contribution in [0.3, 0.4) is 0 Å².